The van der Waals surface area contributed by atoms with Gasteiger partial charge in [-0.05, 0) is 0 Å². The summed E-state index contributed by atoms with van der Waals surface area (Å²) in [6.07, 6.45) is 0. The molecular weight excluding hydrogens is 165 g/mol. The summed E-state index contributed by atoms with van der Waals surface area (Å²) >= 11 is 0. The Morgan fingerprint density at radius 1 is 1.22 bits per heavy atom. The molecule has 0 amide bonds. The van der Waals surface area contributed by atoms with Gasteiger partial charge in [0.25, 0.3) is 0 Å². The van der Waals surface area contributed by atoms with Gasteiger partial charge in [-0.3, -0.25) is 0 Å². The van der Waals surface area contributed by atoms with Gasteiger partial charge in [0.15, 0.2) is 10.1 Å². The Labute approximate surface area is 48.3 Å². The zero-order chi connectivity index (χ0) is 7.00. The van der Waals surface area contributed by atoms with Crippen LogP contribution in [0.3, 0.4) is 0 Å². The number of rotatable bonds is 0. The molecule has 0 saturated heterocycles. The minimum absolute atomic E-state index is 0. The summed E-state index contributed by atoms with van der Waals surface area (Å²) in [6, 6.07) is 0. The maximum Gasteiger partial charge on any atom is 0.485 e. The van der Waals surface area contributed by atoms with E-state index in [1.54, 1.807) is 0 Å². The fraction of sp³-hybridized carbons (Fsp3) is 1.00. The van der Waals surface area contributed by atoms with Gasteiger partial charge >= 0.3 is 5.51 Å². The molecule has 0 spiro atoms. The summed E-state index contributed by atoms with van der Waals surface area (Å²) in [5, 5.41) is 0. The van der Waals surface area contributed by atoms with Gasteiger partial charge in [-0.2, -0.15) is 13.2 Å². The molecule has 0 rings (SSSR count). The highest BCUT2D eigenvalue weighted by atomic mass is 32.2. The Kier molecular flexibility index (Phi) is 3.18. The van der Waals surface area contributed by atoms with Crippen molar-refractivity contribution >= 4 is 10.1 Å². The third-order valence-corrected chi connectivity index (χ3v) is 0.850. The van der Waals surface area contributed by atoms with E-state index in [9.17, 15) is 13.2 Å². The highest BCUT2D eigenvalue weighted by Crippen LogP contribution is 2.20. The summed E-state index contributed by atoms with van der Waals surface area (Å²) in [4.78, 5) is 0. The SMILES string of the molecule is O=S(=O)([O-])C(F)(F)F.[OH3+]. The Hall–Kier alpha value is -0.340. The van der Waals surface area contributed by atoms with Gasteiger partial charge in [0, 0.05) is 0 Å². The highest BCUT2D eigenvalue weighted by molar-refractivity contribution is 7.86. The van der Waals surface area contributed by atoms with E-state index in [-0.39, 0.29) is 5.48 Å². The number of halogens is 3. The zero-order valence-corrected chi connectivity index (χ0v) is 4.66. The van der Waals surface area contributed by atoms with Crippen LogP contribution >= 0.6 is 0 Å². The summed E-state index contributed by atoms with van der Waals surface area (Å²) in [6.45, 7) is 0. The van der Waals surface area contributed by atoms with Crippen molar-refractivity contribution < 1.29 is 31.6 Å². The molecule has 0 atom stereocenters. The van der Waals surface area contributed by atoms with Crippen molar-refractivity contribution in [2.75, 3.05) is 0 Å². The lowest BCUT2D eigenvalue weighted by Gasteiger charge is -2.08. The zero-order valence-electron chi connectivity index (χ0n) is 3.84. The van der Waals surface area contributed by atoms with Gasteiger partial charge in [0.2, 0.25) is 0 Å². The first-order valence-corrected chi connectivity index (χ1v) is 2.68. The van der Waals surface area contributed by atoms with Crippen LogP contribution in [0.15, 0.2) is 0 Å². The predicted molar refractivity (Wildman–Crippen MR) is 20.6 cm³/mol. The maximum absolute atomic E-state index is 10.7. The summed E-state index contributed by atoms with van der Waals surface area (Å²) in [5.74, 6) is 0. The second-order valence-corrected chi connectivity index (χ2v) is 2.27. The fourth-order valence-electron chi connectivity index (χ4n) is 0. The minimum atomic E-state index is -6.09. The molecule has 0 aromatic rings. The Morgan fingerprint density at radius 3 is 1.33 bits per heavy atom. The molecule has 8 heteroatoms. The van der Waals surface area contributed by atoms with Crippen molar-refractivity contribution in [3.63, 3.8) is 0 Å². The minimum Gasteiger partial charge on any atom is -0.741 e. The number of alkyl halides is 3. The fourth-order valence-corrected chi connectivity index (χ4v) is 0. The van der Waals surface area contributed by atoms with Gasteiger partial charge in [0.05, 0.1) is 0 Å². The quantitative estimate of drug-likeness (QED) is 0.267. The lowest BCUT2D eigenvalue weighted by Crippen LogP contribution is -2.21. The maximum atomic E-state index is 10.7. The second-order valence-electron chi connectivity index (χ2n) is 0.900. The van der Waals surface area contributed by atoms with E-state index in [0.29, 0.717) is 0 Å². The van der Waals surface area contributed by atoms with E-state index in [4.69, 9.17) is 13.0 Å². The van der Waals surface area contributed by atoms with Gasteiger partial charge < -0.3 is 10.0 Å². The Morgan fingerprint density at radius 2 is 1.33 bits per heavy atom. The first-order chi connectivity index (χ1) is 3.25. The smallest absolute Gasteiger partial charge is 0.485 e. The molecule has 3 N–H and O–H groups in total. The van der Waals surface area contributed by atoms with E-state index < -0.39 is 15.6 Å². The number of hydrogen-bond donors (Lipinski definition) is 0. The van der Waals surface area contributed by atoms with Gasteiger partial charge in [-0.1, -0.05) is 0 Å². The third kappa shape index (κ3) is 3.27. The van der Waals surface area contributed by atoms with E-state index in [1.807, 2.05) is 0 Å². The van der Waals surface area contributed by atoms with E-state index in [1.165, 1.54) is 0 Å². The molecule has 0 aromatic carbocycles. The molecule has 0 aliphatic carbocycles. The monoisotopic (exact) mass is 168 g/mol. The first-order valence-electron chi connectivity index (χ1n) is 1.27. The lowest BCUT2D eigenvalue weighted by molar-refractivity contribution is -0.0517. The van der Waals surface area contributed by atoms with Crippen molar-refractivity contribution in [2.45, 2.75) is 5.51 Å². The summed E-state index contributed by atoms with van der Waals surface area (Å²) in [5.41, 5.74) is -5.65. The molecule has 0 fully saturated rings. The first kappa shape index (κ1) is 11.5. The van der Waals surface area contributed by atoms with Crippen molar-refractivity contribution in [1.29, 1.82) is 0 Å². The van der Waals surface area contributed by atoms with Crippen LogP contribution in [-0.2, 0) is 15.6 Å². The van der Waals surface area contributed by atoms with Crippen molar-refractivity contribution in [1.82, 2.24) is 0 Å². The molecule has 0 radical (unpaired) electrons. The molecule has 58 valence electrons. The van der Waals surface area contributed by atoms with Crippen molar-refractivity contribution in [3.8, 4) is 0 Å². The van der Waals surface area contributed by atoms with Crippen molar-refractivity contribution in [3.05, 3.63) is 0 Å². The normalized spacial score (nSPS) is 12.4. The third-order valence-electron chi connectivity index (χ3n) is 0.283. The van der Waals surface area contributed by atoms with Gasteiger partial charge in [0.1, 0.15) is 0 Å². The average molecular weight is 168 g/mol. The number of hydrogen-bond acceptors (Lipinski definition) is 3. The van der Waals surface area contributed by atoms with E-state index in [0.717, 1.165) is 0 Å². The van der Waals surface area contributed by atoms with Crippen LogP contribution in [0.5, 0.6) is 0 Å². The molecule has 0 bridgehead atoms. The van der Waals surface area contributed by atoms with Crippen molar-refractivity contribution in [2.24, 2.45) is 0 Å². The van der Waals surface area contributed by atoms with E-state index >= 15 is 0 Å². The molecule has 0 unspecified atom stereocenters. The second kappa shape index (κ2) is 2.50. The van der Waals surface area contributed by atoms with Crippen LogP contribution < -0.4 is 0 Å². The van der Waals surface area contributed by atoms with Crippen LogP contribution in [0.25, 0.3) is 0 Å². The molecule has 0 aliphatic rings. The lowest BCUT2D eigenvalue weighted by atomic mass is 11.6. The molecular formula is CH3F3O4S. The average Bonchev–Trinajstić information content (AvgIpc) is 1.25. The Bertz CT molecular complexity index is 165. The highest BCUT2D eigenvalue weighted by Gasteiger charge is 2.36. The molecule has 0 aliphatic heterocycles. The topological polar surface area (TPSA) is 90.2 Å². The van der Waals surface area contributed by atoms with Crippen LogP contribution in [0.1, 0.15) is 0 Å². The van der Waals surface area contributed by atoms with E-state index in [2.05, 4.69) is 0 Å². The summed E-state index contributed by atoms with van der Waals surface area (Å²) in [7, 11) is -6.09. The summed E-state index contributed by atoms with van der Waals surface area (Å²) < 4.78 is 58.9. The predicted octanol–water partition coefficient (Wildman–Crippen LogP) is -0.870. The molecule has 0 heterocycles. The van der Waals surface area contributed by atoms with Crippen LogP contribution in [0.2, 0.25) is 0 Å². The van der Waals surface area contributed by atoms with Crippen LogP contribution in [-0.4, -0.2) is 18.5 Å². The molecule has 4 nitrogen and oxygen atoms in total. The largest absolute Gasteiger partial charge is 0.741 e. The molecule has 0 saturated carbocycles. The van der Waals surface area contributed by atoms with Gasteiger partial charge in [-0.15, -0.1) is 0 Å². The van der Waals surface area contributed by atoms with Crippen LogP contribution in [0, 0.1) is 0 Å². The standard InChI is InChI=1S/CHF3O3S.H2O/c2-1(3,4)8(5,6)7;/h(H,5,6,7);1H2. The van der Waals surface area contributed by atoms with Gasteiger partial charge in [-0.25, -0.2) is 8.42 Å². The van der Waals surface area contributed by atoms with Crippen LogP contribution in [0.4, 0.5) is 13.2 Å². The molecule has 9 heavy (non-hydrogen) atoms. The molecule has 0 aromatic heterocycles. The Balaban J connectivity index is 0.